The summed E-state index contributed by atoms with van der Waals surface area (Å²) in [5, 5.41) is 2.42. The molecule has 2 nitrogen and oxygen atoms in total. The summed E-state index contributed by atoms with van der Waals surface area (Å²) in [6, 6.07) is 1.64. The number of halogens is 4. The van der Waals surface area contributed by atoms with Crippen molar-refractivity contribution in [2.45, 2.75) is 18.2 Å². The van der Waals surface area contributed by atoms with Crippen LogP contribution < -0.4 is 5.32 Å². The second kappa shape index (κ2) is 6.05. The fourth-order valence-corrected chi connectivity index (χ4v) is 1.41. The molecule has 0 aliphatic heterocycles. The van der Waals surface area contributed by atoms with Gasteiger partial charge in [-0.3, -0.25) is 4.79 Å². The maximum atomic E-state index is 13.2. The Hall–Kier alpha value is -1.04. The summed E-state index contributed by atoms with van der Waals surface area (Å²) < 4.78 is 38.7. The van der Waals surface area contributed by atoms with E-state index in [-0.39, 0.29) is 4.83 Å². The molecule has 0 aliphatic rings. The monoisotopic (exact) mass is 309 g/mol. The van der Waals surface area contributed by atoms with Crippen molar-refractivity contribution in [3.05, 3.63) is 35.1 Å². The molecule has 1 unspecified atom stereocenters. The second-order valence-electron chi connectivity index (χ2n) is 3.55. The van der Waals surface area contributed by atoms with Crippen LogP contribution in [0.2, 0.25) is 0 Å². The van der Waals surface area contributed by atoms with Crippen molar-refractivity contribution < 1.29 is 18.0 Å². The molecule has 6 heteroatoms. The van der Waals surface area contributed by atoms with Gasteiger partial charge >= 0.3 is 0 Å². The molecule has 1 aromatic carbocycles. The average molecular weight is 310 g/mol. The number of hydrogen-bond donors (Lipinski definition) is 1. The van der Waals surface area contributed by atoms with E-state index in [1.807, 2.05) is 6.92 Å². The minimum atomic E-state index is -1.63. The molecule has 1 rings (SSSR count). The zero-order chi connectivity index (χ0) is 13.0. The van der Waals surface area contributed by atoms with Crippen LogP contribution >= 0.6 is 15.9 Å². The minimum Gasteiger partial charge on any atom is -0.352 e. The van der Waals surface area contributed by atoms with Crippen LogP contribution in [0.4, 0.5) is 13.2 Å². The second-order valence-corrected chi connectivity index (χ2v) is 5.11. The first-order valence-corrected chi connectivity index (χ1v) is 5.90. The number of hydrogen-bond acceptors (Lipinski definition) is 1. The van der Waals surface area contributed by atoms with Crippen molar-refractivity contribution in [2.75, 3.05) is 6.54 Å². The van der Waals surface area contributed by atoms with Gasteiger partial charge in [0, 0.05) is 11.4 Å². The topological polar surface area (TPSA) is 29.1 Å². The summed E-state index contributed by atoms with van der Waals surface area (Å²) in [4.78, 5) is 11.7. The van der Waals surface area contributed by atoms with Crippen LogP contribution in [-0.2, 0) is 0 Å². The van der Waals surface area contributed by atoms with Crippen LogP contribution in [0.3, 0.4) is 0 Å². The Kier molecular flexibility index (Phi) is 4.99. The molecule has 17 heavy (non-hydrogen) atoms. The normalized spacial score (nSPS) is 12.3. The lowest BCUT2D eigenvalue weighted by molar-refractivity contribution is 0.0948. The van der Waals surface area contributed by atoms with Crippen LogP contribution in [0.15, 0.2) is 12.1 Å². The van der Waals surface area contributed by atoms with Gasteiger partial charge in [0.2, 0.25) is 0 Å². The van der Waals surface area contributed by atoms with Crippen LogP contribution in [-0.4, -0.2) is 17.3 Å². The summed E-state index contributed by atoms with van der Waals surface area (Å²) in [6.45, 7) is 2.22. The highest BCUT2D eigenvalue weighted by molar-refractivity contribution is 9.09. The van der Waals surface area contributed by atoms with Crippen molar-refractivity contribution in [3.8, 4) is 0 Å². The Balaban J connectivity index is 2.73. The van der Waals surface area contributed by atoms with Gasteiger partial charge in [-0.05, 0) is 18.6 Å². The molecule has 0 fully saturated rings. The lowest BCUT2D eigenvalue weighted by Gasteiger charge is -2.07. The summed E-state index contributed by atoms with van der Waals surface area (Å²) in [5.74, 6) is -5.16. The average Bonchev–Trinajstić information content (AvgIpc) is 2.25. The zero-order valence-electron chi connectivity index (χ0n) is 9.07. The number of amides is 1. The number of alkyl halides is 1. The highest BCUT2D eigenvalue weighted by Crippen LogP contribution is 2.15. The van der Waals surface area contributed by atoms with Gasteiger partial charge in [-0.1, -0.05) is 22.9 Å². The van der Waals surface area contributed by atoms with E-state index in [9.17, 15) is 18.0 Å². The molecule has 0 spiro atoms. The van der Waals surface area contributed by atoms with E-state index < -0.39 is 28.9 Å². The molecule has 0 radical (unpaired) electrons. The van der Waals surface area contributed by atoms with Crippen LogP contribution in [0.25, 0.3) is 0 Å². The van der Waals surface area contributed by atoms with Gasteiger partial charge < -0.3 is 5.32 Å². The summed E-state index contributed by atoms with van der Waals surface area (Å²) in [5.41, 5.74) is -0.494. The largest absolute Gasteiger partial charge is 0.352 e. The van der Waals surface area contributed by atoms with E-state index in [2.05, 4.69) is 21.2 Å². The van der Waals surface area contributed by atoms with Crippen molar-refractivity contribution >= 4 is 21.8 Å². The summed E-state index contributed by atoms with van der Waals surface area (Å²) >= 11 is 3.28. The Morgan fingerprint density at radius 3 is 2.59 bits per heavy atom. The predicted molar refractivity (Wildman–Crippen MR) is 61.7 cm³/mol. The predicted octanol–water partition coefficient (Wildman–Crippen LogP) is 3.01. The quantitative estimate of drug-likeness (QED) is 0.672. The van der Waals surface area contributed by atoms with Crippen molar-refractivity contribution in [1.29, 1.82) is 0 Å². The van der Waals surface area contributed by atoms with Gasteiger partial charge in [0.15, 0.2) is 17.5 Å². The van der Waals surface area contributed by atoms with Gasteiger partial charge in [-0.2, -0.15) is 0 Å². The number of carbonyl (C=O) groups excluding carboxylic acids is 1. The standard InChI is InChI=1S/C11H11BrF3NO/c1-6(12)4-5-16-11(17)7-2-3-8(13)10(15)9(7)14/h2-3,6H,4-5H2,1H3,(H,16,17). The highest BCUT2D eigenvalue weighted by Gasteiger charge is 2.18. The number of carbonyl (C=O) groups is 1. The van der Waals surface area contributed by atoms with Crippen LogP contribution in [0.5, 0.6) is 0 Å². The molecule has 1 atom stereocenters. The van der Waals surface area contributed by atoms with Crippen LogP contribution in [0.1, 0.15) is 23.7 Å². The third kappa shape index (κ3) is 3.73. The molecule has 0 bridgehead atoms. The number of nitrogens with one attached hydrogen (secondary N) is 1. The Labute approximate surface area is 105 Å². The first-order valence-electron chi connectivity index (χ1n) is 4.99. The fraction of sp³-hybridized carbons (Fsp3) is 0.364. The lowest BCUT2D eigenvalue weighted by atomic mass is 10.2. The molecule has 1 N–H and O–H groups in total. The van der Waals surface area contributed by atoms with E-state index in [0.717, 1.165) is 12.1 Å². The molecule has 0 heterocycles. The van der Waals surface area contributed by atoms with Crippen molar-refractivity contribution in [2.24, 2.45) is 0 Å². The molecule has 1 aromatic rings. The van der Waals surface area contributed by atoms with Gasteiger partial charge in [0.1, 0.15) is 0 Å². The maximum Gasteiger partial charge on any atom is 0.254 e. The molecule has 0 saturated heterocycles. The van der Waals surface area contributed by atoms with E-state index in [1.165, 1.54) is 0 Å². The maximum absolute atomic E-state index is 13.2. The van der Waals surface area contributed by atoms with E-state index in [1.54, 1.807) is 0 Å². The van der Waals surface area contributed by atoms with Crippen molar-refractivity contribution in [3.63, 3.8) is 0 Å². The third-order valence-electron chi connectivity index (χ3n) is 2.11. The SMILES string of the molecule is CC(Br)CCNC(=O)c1ccc(F)c(F)c1F. The van der Waals surface area contributed by atoms with Gasteiger partial charge in [0.05, 0.1) is 5.56 Å². The Morgan fingerprint density at radius 2 is 2.00 bits per heavy atom. The molecule has 94 valence electrons. The summed E-state index contributed by atoms with van der Waals surface area (Å²) in [7, 11) is 0. The lowest BCUT2D eigenvalue weighted by Crippen LogP contribution is -2.27. The Bertz CT molecular complexity index is 423. The van der Waals surface area contributed by atoms with Gasteiger partial charge in [-0.25, -0.2) is 13.2 Å². The van der Waals surface area contributed by atoms with Gasteiger partial charge in [0.25, 0.3) is 5.91 Å². The third-order valence-corrected chi connectivity index (χ3v) is 2.57. The molecular formula is C11H11BrF3NO. The fourth-order valence-electron chi connectivity index (χ4n) is 1.18. The smallest absolute Gasteiger partial charge is 0.254 e. The summed E-state index contributed by atoms with van der Waals surface area (Å²) in [6.07, 6.45) is 0.650. The first kappa shape index (κ1) is 14.0. The number of rotatable bonds is 4. The van der Waals surface area contributed by atoms with E-state index >= 15 is 0 Å². The van der Waals surface area contributed by atoms with Gasteiger partial charge in [-0.15, -0.1) is 0 Å². The number of benzene rings is 1. The molecular weight excluding hydrogens is 299 g/mol. The molecule has 0 saturated carbocycles. The van der Waals surface area contributed by atoms with E-state index in [0.29, 0.717) is 13.0 Å². The minimum absolute atomic E-state index is 0.206. The molecule has 0 aromatic heterocycles. The van der Waals surface area contributed by atoms with Crippen molar-refractivity contribution in [1.82, 2.24) is 5.32 Å². The molecule has 1 amide bonds. The first-order chi connectivity index (χ1) is 7.93. The zero-order valence-corrected chi connectivity index (χ0v) is 10.7. The highest BCUT2D eigenvalue weighted by atomic mass is 79.9. The Morgan fingerprint density at radius 1 is 1.35 bits per heavy atom. The van der Waals surface area contributed by atoms with E-state index in [4.69, 9.17) is 0 Å². The molecule has 0 aliphatic carbocycles. The van der Waals surface area contributed by atoms with Crippen LogP contribution in [0, 0.1) is 17.5 Å².